The molecule has 1 atom stereocenters. The molecule has 0 heterocycles. The maximum atomic E-state index is 2.30. The molecule has 0 bridgehead atoms. The van der Waals surface area contributed by atoms with E-state index in [1.165, 1.54) is 17.7 Å². The Balaban J connectivity index is 2.67. The van der Waals surface area contributed by atoms with Crippen molar-refractivity contribution in [2.45, 2.75) is 26.2 Å². The molecule has 0 aliphatic rings. The number of benzene rings is 1. The zero-order valence-electron chi connectivity index (χ0n) is 9.36. The molecule has 0 spiro atoms. The fourth-order valence-corrected chi connectivity index (χ4v) is 2.53. The van der Waals surface area contributed by atoms with Crippen LogP contribution in [0.2, 0.25) is 0 Å². The highest BCUT2D eigenvalue weighted by Gasteiger charge is 2.11. The van der Waals surface area contributed by atoms with Crippen molar-refractivity contribution >= 4 is 11.8 Å². The van der Waals surface area contributed by atoms with Crippen molar-refractivity contribution in [1.82, 2.24) is 0 Å². The molecule has 0 amide bonds. The number of hydrogen-bond acceptors (Lipinski definition) is 1. The van der Waals surface area contributed by atoms with Gasteiger partial charge < -0.3 is 0 Å². The van der Waals surface area contributed by atoms with Gasteiger partial charge in [0.05, 0.1) is 0 Å². The second kappa shape index (κ2) is 6.13. The average molecular weight is 208 g/mol. The van der Waals surface area contributed by atoms with Crippen LogP contribution in [0.15, 0.2) is 30.3 Å². The summed E-state index contributed by atoms with van der Waals surface area (Å²) in [5.41, 5.74) is 1.50. The van der Waals surface area contributed by atoms with Gasteiger partial charge in [-0.15, -0.1) is 0 Å². The molecule has 1 heteroatoms. The van der Waals surface area contributed by atoms with Crippen LogP contribution in [-0.2, 0) is 0 Å². The van der Waals surface area contributed by atoms with Crippen molar-refractivity contribution < 1.29 is 0 Å². The van der Waals surface area contributed by atoms with Crippen molar-refractivity contribution in [3.05, 3.63) is 35.9 Å². The van der Waals surface area contributed by atoms with Crippen LogP contribution in [0.1, 0.15) is 31.7 Å². The van der Waals surface area contributed by atoms with Gasteiger partial charge in [-0.2, -0.15) is 11.8 Å². The molecule has 0 saturated carbocycles. The van der Waals surface area contributed by atoms with Gasteiger partial charge in [-0.05, 0) is 35.8 Å². The third kappa shape index (κ3) is 3.75. The minimum Gasteiger partial charge on any atom is -0.165 e. The second-order valence-corrected chi connectivity index (χ2v) is 5.10. The fraction of sp³-hybridized carbons (Fsp3) is 0.538. The van der Waals surface area contributed by atoms with Crippen molar-refractivity contribution in [2.75, 3.05) is 12.0 Å². The van der Waals surface area contributed by atoms with Gasteiger partial charge in [0.1, 0.15) is 0 Å². The Bertz CT molecular complexity index is 241. The predicted molar refractivity (Wildman–Crippen MR) is 67.0 cm³/mol. The van der Waals surface area contributed by atoms with Crippen LogP contribution >= 0.6 is 11.8 Å². The molecule has 0 aliphatic carbocycles. The highest BCUT2D eigenvalue weighted by atomic mass is 32.2. The molecule has 0 fully saturated rings. The first-order valence-electron chi connectivity index (χ1n) is 5.28. The van der Waals surface area contributed by atoms with E-state index in [4.69, 9.17) is 0 Å². The smallest absolute Gasteiger partial charge is 0.000121 e. The van der Waals surface area contributed by atoms with Gasteiger partial charge in [0, 0.05) is 0 Å². The topological polar surface area (TPSA) is 0 Å². The molecular formula is C13H20S. The van der Waals surface area contributed by atoms with Gasteiger partial charge in [-0.1, -0.05) is 44.2 Å². The first-order valence-corrected chi connectivity index (χ1v) is 6.67. The average Bonchev–Trinajstić information content (AvgIpc) is 2.18. The van der Waals surface area contributed by atoms with Gasteiger partial charge in [-0.3, -0.25) is 0 Å². The Morgan fingerprint density at radius 1 is 1.14 bits per heavy atom. The normalized spacial score (nSPS) is 13.1. The van der Waals surface area contributed by atoms with E-state index < -0.39 is 0 Å². The molecular weight excluding hydrogens is 188 g/mol. The Morgan fingerprint density at radius 2 is 1.79 bits per heavy atom. The van der Waals surface area contributed by atoms with E-state index in [9.17, 15) is 0 Å². The molecule has 0 nitrogen and oxygen atoms in total. The van der Waals surface area contributed by atoms with E-state index in [1.54, 1.807) is 0 Å². The van der Waals surface area contributed by atoms with Crippen molar-refractivity contribution in [2.24, 2.45) is 5.92 Å². The predicted octanol–water partition coefficient (Wildman–Crippen LogP) is 4.18. The van der Waals surface area contributed by atoms with Crippen molar-refractivity contribution in [3.63, 3.8) is 0 Å². The molecule has 1 rings (SSSR count). The molecule has 1 unspecified atom stereocenters. The Labute approximate surface area is 92.1 Å². The SMILES string of the molecule is CSCC(CC(C)C)c1ccccc1. The van der Waals surface area contributed by atoms with E-state index in [-0.39, 0.29) is 0 Å². The molecule has 1 aromatic carbocycles. The van der Waals surface area contributed by atoms with E-state index >= 15 is 0 Å². The first-order chi connectivity index (χ1) is 6.74. The molecule has 0 radical (unpaired) electrons. The standard InChI is InChI=1S/C13H20S/c1-11(2)9-13(10-14-3)12-7-5-4-6-8-12/h4-8,11,13H,9-10H2,1-3H3. The highest BCUT2D eigenvalue weighted by Crippen LogP contribution is 2.26. The van der Waals surface area contributed by atoms with Gasteiger partial charge in [0.2, 0.25) is 0 Å². The lowest BCUT2D eigenvalue weighted by Gasteiger charge is -2.18. The van der Waals surface area contributed by atoms with Crippen LogP contribution in [0.5, 0.6) is 0 Å². The van der Waals surface area contributed by atoms with E-state index in [0.717, 1.165) is 11.8 Å². The van der Waals surface area contributed by atoms with Gasteiger partial charge in [0.15, 0.2) is 0 Å². The third-order valence-corrected chi connectivity index (χ3v) is 3.13. The summed E-state index contributed by atoms with van der Waals surface area (Å²) in [6.45, 7) is 4.60. The minimum atomic E-state index is 0.728. The molecule has 1 aromatic rings. The van der Waals surface area contributed by atoms with Crippen LogP contribution in [-0.4, -0.2) is 12.0 Å². The lowest BCUT2D eigenvalue weighted by atomic mass is 9.92. The van der Waals surface area contributed by atoms with Crippen LogP contribution in [0.3, 0.4) is 0 Å². The summed E-state index contributed by atoms with van der Waals surface area (Å²) < 4.78 is 0. The van der Waals surface area contributed by atoms with Gasteiger partial charge >= 0.3 is 0 Å². The monoisotopic (exact) mass is 208 g/mol. The van der Waals surface area contributed by atoms with Gasteiger partial charge in [0.25, 0.3) is 0 Å². The van der Waals surface area contributed by atoms with Crippen LogP contribution in [0.4, 0.5) is 0 Å². The summed E-state index contributed by atoms with van der Waals surface area (Å²) in [6.07, 6.45) is 3.49. The number of rotatable bonds is 5. The Morgan fingerprint density at radius 3 is 2.29 bits per heavy atom. The zero-order chi connectivity index (χ0) is 10.4. The van der Waals surface area contributed by atoms with Gasteiger partial charge in [-0.25, -0.2) is 0 Å². The number of thioether (sulfide) groups is 1. The summed E-state index contributed by atoms with van der Waals surface area (Å²) in [5.74, 6) is 2.75. The lowest BCUT2D eigenvalue weighted by molar-refractivity contribution is 0.528. The molecule has 0 saturated heterocycles. The van der Waals surface area contributed by atoms with E-state index in [2.05, 4.69) is 50.4 Å². The maximum absolute atomic E-state index is 2.30. The maximum Gasteiger partial charge on any atom is -0.000121 e. The van der Waals surface area contributed by atoms with Crippen LogP contribution in [0, 0.1) is 5.92 Å². The summed E-state index contributed by atoms with van der Waals surface area (Å²) >= 11 is 1.95. The minimum absolute atomic E-state index is 0.728. The van der Waals surface area contributed by atoms with E-state index in [0.29, 0.717) is 0 Å². The molecule has 78 valence electrons. The van der Waals surface area contributed by atoms with Crippen molar-refractivity contribution in [3.8, 4) is 0 Å². The van der Waals surface area contributed by atoms with Crippen LogP contribution in [0.25, 0.3) is 0 Å². The largest absolute Gasteiger partial charge is 0.165 e. The molecule has 0 N–H and O–H groups in total. The van der Waals surface area contributed by atoms with Crippen LogP contribution < -0.4 is 0 Å². The highest BCUT2D eigenvalue weighted by molar-refractivity contribution is 7.98. The first kappa shape index (κ1) is 11.6. The summed E-state index contributed by atoms with van der Waals surface area (Å²) in [5, 5.41) is 0. The zero-order valence-corrected chi connectivity index (χ0v) is 10.2. The second-order valence-electron chi connectivity index (χ2n) is 4.19. The number of hydrogen-bond donors (Lipinski definition) is 0. The molecule has 14 heavy (non-hydrogen) atoms. The third-order valence-electron chi connectivity index (χ3n) is 2.39. The summed E-state index contributed by atoms with van der Waals surface area (Å²) in [4.78, 5) is 0. The van der Waals surface area contributed by atoms with E-state index in [1.807, 2.05) is 11.8 Å². The van der Waals surface area contributed by atoms with Crippen molar-refractivity contribution in [1.29, 1.82) is 0 Å². The summed E-state index contributed by atoms with van der Waals surface area (Å²) in [7, 11) is 0. The quantitative estimate of drug-likeness (QED) is 0.699. The Hall–Kier alpha value is -0.430. The summed E-state index contributed by atoms with van der Waals surface area (Å²) in [6, 6.07) is 10.9. The fourth-order valence-electron chi connectivity index (χ4n) is 1.80. The Kier molecular flexibility index (Phi) is 5.10. The lowest BCUT2D eigenvalue weighted by Crippen LogP contribution is -2.05. The molecule has 0 aliphatic heterocycles. The molecule has 0 aromatic heterocycles.